The zero-order chi connectivity index (χ0) is 29.4. The summed E-state index contributed by atoms with van der Waals surface area (Å²) in [6, 6.07) is 3.20. The van der Waals surface area contributed by atoms with E-state index < -0.39 is 0 Å². The van der Waals surface area contributed by atoms with E-state index in [0.29, 0.717) is 35.9 Å². The summed E-state index contributed by atoms with van der Waals surface area (Å²) < 4.78 is 4.88. The third kappa shape index (κ3) is 13.0. The van der Waals surface area contributed by atoms with Crippen molar-refractivity contribution in [3.8, 4) is 0 Å². The Morgan fingerprint density at radius 3 is 1.80 bits per heavy atom. The van der Waals surface area contributed by atoms with Crippen LogP contribution in [0.25, 0.3) is 18.0 Å². The molecule has 8 N–H and O–H groups in total. The minimum absolute atomic E-state index is 0. The van der Waals surface area contributed by atoms with E-state index in [1.165, 1.54) is 12.6 Å². The van der Waals surface area contributed by atoms with Gasteiger partial charge in [0, 0.05) is 52.5 Å². The second kappa shape index (κ2) is 21.7. The number of halogens is 1. The fraction of sp³-hybridized carbons (Fsp3) is 0.462. The van der Waals surface area contributed by atoms with E-state index in [4.69, 9.17) is 5.73 Å². The molecule has 0 aliphatic carbocycles. The maximum Gasteiger partial charge on any atom is -0.693 e. The number of nitrogens with two attached hydrogens (primary N) is 2. The van der Waals surface area contributed by atoms with E-state index in [-0.39, 0.29) is 35.8 Å². The maximum atomic E-state index is 12.8. The third-order valence-corrected chi connectivity index (χ3v) is 5.40. The summed E-state index contributed by atoms with van der Waals surface area (Å²) >= 11 is 1.61. The van der Waals surface area contributed by atoms with Gasteiger partial charge in [-0.05, 0) is 18.6 Å². The first kappa shape index (κ1) is 40.2. The van der Waals surface area contributed by atoms with Gasteiger partial charge < -0.3 is 47.7 Å². The molecule has 0 fully saturated rings. The monoisotopic (exact) mass is 773 g/mol. The molecule has 0 bridgehead atoms. The van der Waals surface area contributed by atoms with Crippen LogP contribution in [0.2, 0.25) is 0 Å². The van der Waals surface area contributed by atoms with Crippen molar-refractivity contribution >= 4 is 38.5 Å². The summed E-state index contributed by atoms with van der Waals surface area (Å²) in [5.74, 6) is -0.688. The van der Waals surface area contributed by atoms with Crippen molar-refractivity contribution in [1.29, 1.82) is 0 Å². The number of aryl methyl sites for hydroxylation is 3. The number of anilines is 2. The van der Waals surface area contributed by atoms with Crippen molar-refractivity contribution in [3.63, 3.8) is 0 Å². The molecule has 0 aliphatic heterocycles. The molecule has 3 aromatic heterocycles. The predicted molar refractivity (Wildman–Crippen MR) is 162 cm³/mol. The number of rotatable bonds is 11. The molecule has 0 unspecified atom stereocenters. The van der Waals surface area contributed by atoms with Crippen molar-refractivity contribution in [2.24, 2.45) is 21.1 Å². The molecule has 0 atom stereocenters. The maximum absolute atomic E-state index is 12.8. The first-order valence-electron chi connectivity index (χ1n) is 12.7. The number of unbranched alkanes of at least 4 members (excludes halogenated alkanes) is 3. The molecule has 0 spiro atoms. The number of hydrogen-bond acceptors (Lipinski definition) is 4. The number of nitrogens with one attached hydrogen (secondary N) is 4. The van der Waals surface area contributed by atoms with Crippen molar-refractivity contribution in [2.45, 2.75) is 46.0 Å². The number of carbonyl (C=O) groups excluding carboxylic acids is 3. The number of amides is 3. The molecular formula is C26H43ClN10O3Pt-3. The molecule has 3 aromatic rings. The summed E-state index contributed by atoms with van der Waals surface area (Å²) in [5, 5.41) is 8.43. The van der Waals surface area contributed by atoms with E-state index in [9.17, 15) is 14.4 Å². The Hall–Kier alpha value is -2.96. The molecule has 0 saturated heterocycles. The number of nitrogens with zero attached hydrogens (tertiary/aromatic N) is 4. The van der Waals surface area contributed by atoms with Gasteiger partial charge in [0.05, 0.1) is 11.4 Å². The van der Waals surface area contributed by atoms with Crippen LogP contribution in [0, 0.1) is 0 Å². The van der Waals surface area contributed by atoms with Gasteiger partial charge in [0.2, 0.25) is 0 Å². The predicted octanol–water partition coefficient (Wildman–Crippen LogP) is 6.48. The Balaban J connectivity index is 0. The first-order chi connectivity index (χ1) is 18.7. The summed E-state index contributed by atoms with van der Waals surface area (Å²) in [6.45, 7) is 5.26. The minimum Gasteiger partial charge on any atom is -0.693 e. The second-order valence-corrected chi connectivity index (χ2v) is 8.85. The topological polar surface area (TPSA) is 206 Å². The van der Waals surface area contributed by atoms with Crippen LogP contribution in [-0.2, 0) is 39.9 Å². The van der Waals surface area contributed by atoms with Crippen LogP contribution in [0.4, 0.5) is 11.4 Å². The van der Waals surface area contributed by atoms with E-state index in [0.717, 1.165) is 25.7 Å². The zero-order valence-electron chi connectivity index (χ0n) is 24.3. The van der Waals surface area contributed by atoms with Gasteiger partial charge in [-0.2, -0.15) is 6.54 Å². The molecule has 0 radical (unpaired) electrons. The molecule has 235 valence electrons. The Morgan fingerprint density at radius 1 is 0.829 bits per heavy atom. The van der Waals surface area contributed by atoms with E-state index in [1.54, 1.807) is 84.3 Å². The molecule has 3 rings (SSSR count). The zero-order valence-corrected chi connectivity index (χ0v) is 27.3. The number of aromatic nitrogens is 4. The largest absolute Gasteiger partial charge is 0.693 e. The van der Waals surface area contributed by atoms with Gasteiger partial charge in [0.15, 0.2) is 5.82 Å². The van der Waals surface area contributed by atoms with Crippen LogP contribution in [-0.4, -0.2) is 49.5 Å². The first-order valence-corrected chi connectivity index (χ1v) is 15.5. The number of hydrogen-bond donors (Lipinski definition) is 3. The van der Waals surface area contributed by atoms with Gasteiger partial charge in [-0.25, -0.2) is 4.98 Å². The van der Waals surface area contributed by atoms with Gasteiger partial charge in [-0.3, -0.25) is 14.4 Å². The Morgan fingerprint density at radius 2 is 1.32 bits per heavy atom. The van der Waals surface area contributed by atoms with Gasteiger partial charge in [0.1, 0.15) is 11.4 Å². The van der Waals surface area contributed by atoms with Crippen molar-refractivity contribution < 1.29 is 33.2 Å². The average Bonchev–Trinajstić information content (AvgIpc) is 3.60. The van der Waals surface area contributed by atoms with Gasteiger partial charge >= 0.3 is 28.2 Å². The fourth-order valence-electron chi connectivity index (χ4n) is 3.58. The molecule has 13 nitrogen and oxygen atoms in total. The smallest absolute Gasteiger partial charge is 0.693 e. The van der Waals surface area contributed by atoms with Crippen molar-refractivity contribution in [3.05, 3.63) is 72.2 Å². The van der Waals surface area contributed by atoms with Gasteiger partial charge in [-0.15, -0.1) is 0 Å². The molecule has 41 heavy (non-hydrogen) atoms. The van der Waals surface area contributed by atoms with Crippen LogP contribution in [0.5, 0.6) is 0 Å². The normalized spacial score (nSPS) is 9.59. The van der Waals surface area contributed by atoms with Crippen LogP contribution in [0.15, 0.2) is 36.9 Å². The molecule has 15 heteroatoms. The Kier molecular flexibility index (Phi) is 21.3. The number of imidazole rings is 1. The number of carbonyl (C=O) groups is 3. The van der Waals surface area contributed by atoms with Crippen molar-refractivity contribution in [1.82, 2.24) is 24.0 Å². The summed E-state index contributed by atoms with van der Waals surface area (Å²) in [5.41, 5.74) is 8.89. The standard InChI is InChI=1S/C23H31N8O3.C3H8.ClH.2H2N.Pt/c1-29-11-10-25-20(29)23(34)28-17-13-19(31(3)15-17)22(33)27-16-12-18(30(2)14-16)21(32)26-9-7-5-4-6-8-24;1-3-2;;;;/h10-15,24H,4-9H2,1-3H3,(H,26,32)(H,27,33)(H,28,34);3H2,1-2H3;1H;2*1H2;/q-1;;;2*-1;+1/p-1. The molecule has 3 heterocycles. The third-order valence-electron chi connectivity index (χ3n) is 5.40. The minimum atomic E-state index is -0.375. The van der Waals surface area contributed by atoms with Gasteiger partial charge in [-0.1, -0.05) is 39.5 Å². The Labute approximate surface area is 258 Å². The van der Waals surface area contributed by atoms with Crippen LogP contribution in [0.1, 0.15) is 77.5 Å². The summed E-state index contributed by atoms with van der Waals surface area (Å²) in [4.78, 5) is 41.7. The molecule has 3 amide bonds. The molecular weight excluding hydrogens is 731 g/mol. The molecule has 0 saturated carbocycles. The quantitative estimate of drug-likeness (QED) is 0.187. The molecule has 0 aromatic carbocycles. The van der Waals surface area contributed by atoms with Gasteiger partial charge in [0.25, 0.3) is 17.7 Å². The Bertz CT molecular complexity index is 1190. The fourth-order valence-corrected chi connectivity index (χ4v) is 3.58. The van der Waals surface area contributed by atoms with E-state index >= 15 is 0 Å². The average molecular weight is 774 g/mol. The van der Waals surface area contributed by atoms with Crippen LogP contribution < -0.4 is 16.0 Å². The van der Waals surface area contributed by atoms with E-state index in [1.807, 2.05) is 0 Å². The summed E-state index contributed by atoms with van der Waals surface area (Å²) in [6.07, 6.45) is 11.5. The SMILES string of the molecule is CCC.Cn1cc(NC(=O)c2cc(NC(=O)c3nccn3C)cn2C)cc1C(=O)NCCCCCC[NH-].[Cl][Pt].[NH2-].[NH2-]. The molecule has 0 aliphatic rings. The van der Waals surface area contributed by atoms with Crippen LogP contribution in [0.3, 0.4) is 0 Å². The van der Waals surface area contributed by atoms with Crippen molar-refractivity contribution in [2.75, 3.05) is 23.7 Å². The van der Waals surface area contributed by atoms with Crippen LogP contribution >= 0.6 is 9.42 Å². The van der Waals surface area contributed by atoms with E-state index in [2.05, 4.69) is 44.2 Å². The summed E-state index contributed by atoms with van der Waals surface area (Å²) in [7, 11) is 9.79. The second-order valence-electron chi connectivity index (χ2n) is 8.85.